The van der Waals surface area contributed by atoms with E-state index < -0.39 is 0 Å². The Labute approximate surface area is 173 Å². The maximum Gasteiger partial charge on any atom is 0.0577 e. The van der Waals surface area contributed by atoms with Crippen molar-refractivity contribution in [1.82, 2.24) is 10.6 Å². The fourth-order valence-electron chi connectivity index (χ4n) is 6.20. The van der Waals surface area contributed by atoms with Gasteiger partial charge >= 0.3 is 0 Å². The van der Waals surface area contributed by atoms with Crippen molar-refractivity contribution in [2.45, 2.75) is 128 Å². The van der Waals surface area contributed by atoms with Crippen molar-refractivity contribution in [3.8, 4) is 0 Å². The fraction of sp³-hybridized carbons (Fsp3) is 1.00. The van der Waals surface area contributed by atoms with Gasteiger partial charge in [-0.1, -0.05) is 0 Å². The summed E-state index contributed by atoms with van der Waals surface area (Å²) in [5.74, 6) is 1.19. The van der Waals surface area contributed by atoms with Crippen LogP contribution in [-0.2, 0) is 9.47 Å². The van der Waals surface area contributed by atoms with E-state index in [-0.39, 0.29) is 22.2 Å². The summed E-state index contributed by atoms with van der Waals surface area (Å²) >= 11 is 0. The molecule has 4 nitrogen and oxygen atoms in total. The van der Waals surface area contributed by atoms with Gasteiger partial charge in [0.15, 0.2) is 0 Å². The minimum Gasteiger partial charge on any atom is -0.378 e. The van der Waals surface area contributed by atoms with Crippen molar-refractivity contribution >= 4 is 0 Å². The van der Waals surface area contributed by atoms with Crippen LogP contribution >= 0.6 is 0 Å². The quantitative estimate of drug-likeness (QED) is 0.687. The second kappa shape index (κ2) is 7.83. The Balaban J connectivity index is 1.37. The van der Waals surface area contributed by atoms with Crippen molar-refractivity contribution in [1.29, 1.82) is 0 Å². The van der Waals surface area contributed by atoms with Gasteiger partial charge in [0.25, 0.3) is 0 Å². The van der Waals surface area contributed by atoms with Crippen LogP contribution in [0.5, 0.6) is 0 Å². The highest BCUT2D eigenvalue weighted by molar-refractivity contribution is 5.03. The average Bonchev–Trinajstić information content (AvgIpc) is 2.89. The van der Waals surface area contributed by atoms with Gasteiger partial charge < -0.3 is 20.1 Å². The summed E-state index contributed by atoms with van der Waals surface area (Å²) in [6.45, 7) is 20.3. The van der Waals surface area contributed by atoms with E-state index in [0.29, 0.717) is 24.0 Å². The normalized spacial score (nSPS) is 38.6. The molecular formula is C24H46N2O2. The molecule has 3 rings (SSSR count). The van der Waals surface area contributed by atoms with Crippen LogP contribution < -0.4 is 10.6 Å². The molecule has 2 N–H and O–H groups in total. The summed E-state index contributed by atoms with van der Waals surface area (Å²) in [6, 6.07) is 0. The lowest BCUT2D eigenvalue weighted by molar-refractivity contribution is -0.0533. The Bertz CT molecular complexity index is 485. The predicted molar refractivity (Wildman–Crippen MR) is 117 cm³/mol. The molecule has 28 heavy (non-hydrogen) atoms. The second-order valence-electron chi connectivity index (χ2n) is 12.3. The first kappa shape index (κ1) is 22.5. The molecule has 2 saturated heterocycles. The van der Waals surface area contributed by atoms with Crippen LogP contribution in [0.1, 0.15) is 93.9 Å². The van der Waals surface area contributed by atoms with Gasteiger partial charge in [0.2, 0.25) is 0 Å². The molecule has 1 saturated carbocycles. The number of nitrogens with one attached hydrogen (secondary N) is 2. The molecule has 0 aromatic carbocycles. The number of ether oxygens (including phenoxy) is 2. The summed E-state index contributed by atoms with van der Waals surface area (Å²) in [5.41, 5.74) is 0.778. The minimum atomic E-state index is 0.166. The highest BCUT2D eigenvalue weighted by Gasteiger charge is 2.45. The van der Waals surface area contributed by atoms with Crippen LogP contribution in [0.2, 0.25) is 0 Å². The SMILES string of the molecule is CC1(C)CC(COC2CCC(OCC3CC(C)(C)NC3(C)C)CC2)C(C)(C)N1. The zero-order chi connectivity index (χ0) is 20.8. The Hall–Kier alpha value is -0.160. The minimum absolute atomic E-state index is 0.166. The standard InChI is InChI=1S/C24H46N2O2/c1-21(2)13-17(23(5,6)25-21)15-27-19-9-11-20(12-10-19)28-16-18-14-22(3,4)26-24(18,7)8/h17-20,25-26H,9-16H2,1-8H3. The molecule has 0 amide bonds. The molecule has 3 fully saturated rings. The summed E-state index contributed by atoms with van der Waals surface area (Å²) in [5, 5.41) is 7.53. The average molecular weight is 395 g/mol. The predicted octanol–water partition coefficient (Wildman–Crippen LogP) is 4.66. The number of hydrogen-bond acceptors (Lipinski definition) is 4. The number of hydrogen-bond donors (Lipinski definition) is 2. The maximum absolute atomic E-state index is 6.38. The van der Waals surface area contributed by atoms with Gasteiger partial charge in [-0.3, -0.25) is 0 Å². The lowest BCUT2D eigenvalue weighted by Crippen LogP contribution is -2.46. The van der Waals surface area contributed by atoms with Crippen LogP contribution in [0.3, 0.4) is 0 Å². The third kappa shape index (κ3) is 5.50. The lowest BCUT2D eigenvalue weighted by Gasteiger charge is -2.33. The Morgan fingerprint density at radius 1 is 0.607 bits per heavy atom. The zero-order valence-corrected chi connectivity index (χ0v) is 19.8. The molecule has 2 unspecified atom stereocenters. The maximum atomic E-state index is 6.38. The first-order valence-corrected chi connectivity index (χ1v) is 11.6. The van der Waals surface area contributed by atoms with Gasteiger partial charge in [0, 0.05) is 34.0 Å². The molecule has 0 spiro atoms. The molecule has 2 heterocycles. The van der Waals surface area contributed by atoms with E-state index in [2.05, 4.69) is 66.0 Å². The molecule has 0 radical (unpaired) electrons. The second-order valence-corrected chi connectivity index (χ2v) is 12.3. The van der Waals surface area contributed by atoms with Gasteiger partial charge in [-0.05, 0) is 93.9 Å². The van der Waals surface area contributed by atoms with E-state index in [1.54, 1.807) is 0 Å². The molecule has 0 bridgehead atoms. The smallest absolute Gasteiger partial charge is 0.0577 e. The van der Waals surface area contributed by atoms with Crippen LogP contribution in [-0.4, -0.2) is 47.6 Å². The first-order valence-electron chi connectivity index (χ1n) is 11.6. The van der Waals surface area contributed by atoms with E-state index in [4.69, 9.17) is 9.47 Å². The molecule has 2 aliphatic heterocycles. The molecular weight excluding hydrogens is 348 g/mol. The largest absolute Gasteiger partial charge is 0.378 e. The van der Waals surface area contributed by atoms with Gasteiger partial charge in [-0.2, -0.15) is 0 Å². The van der Waals surface area contributed by atoms with Crippen LogP contribution in [0.15, 0.2) is 0 Å². The molecule has 4 heteroatoms. The van der Waals surface area contributed by atoms with Crippen molar-refractivity contribution in [3.05, 3.63) is 0 Å². The topological polar surface area (TPSA) is 42.5 Å². The fourth-order valence-corrected chi connectivity index (χ4v) is 6.20. The molecule has 1 aliphatic carbocycles. The summed E-state index contributed by atoms with van der Waals surface area (Å²) in [4.78, 5) is 0. The van der Waals surface area contributed by atoms with E-state index >= 15 is 0 Å². The van der Waals surface area contributed by atoms with Crippen LogP contribution in [0.25, 0.3) is 0 Å². The molecule has 0 aromatic rings. The van der Waals surface area contributed by atoms with E-state index in [9.17, 15) is 0 Å². The third-order valence-electron chi connectivity index (χ3n) is 7.56. The van der Waals surface area contributed by atoms with Gasteiger partial charge in [0.1, 0.15) is 0 Å². The first-order chi connectivity index (χ1) is 12.8. The van der Waals surface area contributed by atoms with Gasteiger partial charge in [-0.15, -0.1) is 0 Å². The third-order valence-corrected chi connectivity index (χ3v) is 7.56. The highest BCUT2D eigenvalue weighted by atomic mass is 16.5. The Morgan fingerprint density at radius 3 is 1.18 bits per heavy atom. The molecule has 3 aliphatic rings. The molecule has 0 aromatic heterocycles. The van der Waals surface area contributed by atoms with E-state index in [1.807, 2.05) is 0 Å². The summed E-state index contributed by atoms with van der Waals surface area (Å²) in [7, 11) is 0. The van der Waals surface area contributed by atoms with Crippen LogP contribution in [0, 0.1) is 11.8 Å². The monoisotopic (exact) mass is 394 g/mol. The summed E-state index contributed by atoms with van der Waals surface area (Å²) < 4.78 is 12.8. The van der Waals surface area contributed by atoms with Crippen molar-refractivity contribution in [2.24, 2.45) is 11.8 Å². The van der Waals surface area contributed by atoms with E-state index in [1.165, 1.54) is 12.8 Å². The zero-order valence-electron chi connectivity index (χ0n) is 19.8. The van der Waals surface area contributed by atoms with Gasteiger partial charge in [0.05, 0.1) is 25.4 Å². The summed E-state index contributed by atoms with van der Waals surface area (Å²) in [6.07, 6.45) is 7.81. The molecule has 164 valence electrons. The van der Waals surface area contributed by atoms with Crippen LogP contribution in [0.4, 0.5) is 0 Å². The lowest BCUT2D eigenvalue weighted by atomic mass is 9.87. The highest BCUT2D eigenvalue weighted by Crippen LogP contribution is 2.38. The van der Waals surface area contributed by atoms with Crippen molar-refractivity contribution < 1.29 is 9.47 Å². The van der Waals surface area contributed by atoms with Gasteiger partial charge in [-0.25, -0.2) is 0 Å². The Kier molecular flexibility index (Phi) is 6.30. The van der Waals surface area contributed by atoms with Crippen molar-refractivity contribution in [2.75, 3.05) is 13.2 Å². The Morgan fingerprint density at radius 2 is 0.929 bits per heavy atom. The van der Waals surface area contributed by atoms with E-state index in [0.717, 1.165) is 38.9 Å². The number of rotatable bonds is 6. The molecule has 2 atom stereocenters. The van der Waals surface area contributed by atoms with Crippen molar-refractivity contribution in [3.63, 3.8) is 0 Å².